The van der Waals surface area contributed by atoms with Crippen molar-refractivity contribution >= 4 is 23.4 Å². The van der Waals surface area contributed by atoms with Crippen LogP contribution in [-0.2, 0) is 9.59 Å². The predicted molar refractivity (Wildman–Crippen MR) is 104 cm³/mol. The van der Waals surface area contributed by atoms with Gasteiger partial charge in [-0.3, -0.25) is 14.4 Å². The van der Waals surface area contributed by atoms with Crippen LogP contribution in [0.5, 0.6) is 0 Å². The second-order valence-corrected chi connectivity index (χ2v) is 7.53. The number of nitrogens with one attached hydrogen (secondary N) is 2. The molecule has 0 spiro atoms. The number of anilines is 1. The molecule has 0 radical (unpaired) electrons. The van der Waals surface area contributed by atoms with E-state index in [2.05, 4.69) is 17.6 Å². The van der Waals surface area contributed by atoms with Gasteiger partial charge in [-0.1, -0.05) is 38.3 Å². The third kappa shape index (κ3) is 4.67. The maximum absolute atomic E-state index is 12.7. The van der Waals surface area contributed by atoms with Crippen molar-refractivity contribution in [1.29, 1.82) is 0 Å². The lowest BCUT2D eigenvalue weighted by Gasteiger charge is -2.24. The molecular weight excluding hydrogens is 342 g/mol. The van der Waals surface area contributed by atoms with Crippen LogP contribution in [0.25, 0.3) is 0 Å². The average molecular weight is 371 g/mol. The third-order valence-electron chi connectivity index (χ3n) is 5.54. The maximum atomic E-state index is 12.7. The van der Waals surface area contributed by atoms with Gasteiger partial charge in [0.15, 0.2) is 0 Å². The van der Waals surface area contributed by atoms with Gasteiger partial charge in [-0.15, -0.1) is 0 Å². The highest BCUT2D eigenvalue weighted by Crippen LogP contribution is 2.30. The molecule has 2 N–H and O–H groups in total. The summed E-state index contributed by atoms with van der Waals surface area (Å²) in [6.45, 7) is 3.17. The molecule has 1 atom stereocenters. The van der Waals surface area contributed by atoms with Gasteiger partial charge in [0.25, 0.3) is 5.91 Å². The lowest BCUT2D eigenvalue weighted by Crippen LogP contribution is -2.35. The van der Waals surface area contributed by atoms with E-state index in [1.807, 2.05) is 4.90 Å². The highest BCUT2D eigenvalue weighted by atomic mass is 16.2. The van der Waals surface area contributed by atoms with Crippen molar-refractivity contribution < 1.29 is 14.4 Å². The summed E-state index contributed by atoms with van der Waals surface area (Å²) >= 11 is 0. The van der Waals surface area contributed by atoms with Gasteiger partial charge < -0.3 is 15.5 Å². The highest BCUT2D eigenvalue weighted by Gasteiger charge is 2.38. The van der Waals surface area contributed by atoms with Crippen LogP contribution in [0.15, 0.2) is 24.3 Å². The molecule has 0 unspecified atom stereocenters. The normalized spacial score (nSPS) is 20.1. The molecule has 0 aromatic heterocycles. The van der Waals surface area contributed by atoms with E-state index in [0.29, 0.717) is 30.4 Å². The molecule has 3 rings (SSSR count). The van der Waals surface area contributed by atoms with Crippen LogP contribution in [-0.4, -0.2) is 41.8 Å². The van der Waals surface area contributed by atoms with Gasteiger partial charge in [-0.25, -0.2) is 0 Å². The van der Waals surface area contributed by atoms with Gasteiger partial charge in [0.1, 0.15) is 0 Å². The summed E-state index contributed by atoms with van der Waals surface area (Å²) < 4.78 is 0. The van der Waals surface area contributed by atoms with E-state index < -0.39 is 0 Å². The zero-order valence-corrected chi connectivity index (χ0v) is 16.0. The summed E-state index contributed by atoms with van der Waals surface area (Å²) in [6.07, 6.45) is 6.58. The number of hydrogen-bond acceptors (Lipinski definition) is 3. The molecule has 0 bridgehead atoms. The Morgan fingerprint density at radius 1 is 1.19 bits per heavy atom. The van der Waals surface area contributed by atoms with Gasteiger partial charge >= 0.3 is 0 Å². The van der Waals surface area contributed by atoms with Gasteiger partial charge in [0.2, 0.25) is 11.8 Å². The van der Waals surface area contributed by atoms with Crippen molar-refractivity contribution in [2.75, 3.05) is 18.4 Å². The molecule has 3 amide bonds. The fourth-order valence-corrected chi connectivity index (χ4v) is 3.97. The molecule has 1 saturated heterocycles. The largest absolute Gasteiger partial charge is 0.352 e. The van der Waals surface area contributed by atoms with Gasteiger partial charge in [0, 0.05) is 25.6 Å². The second-order valence-electron chi connectivity index (χ2n) is 7.53. The Morgan fingerprint density at radius 2 is 1.93 bits per heavy atom. The van der Waals surface area contributed by atoms with Crippen LogP contribution in [0.2, 0.25) is 0 Å². The van der Waals surface area contributed by atoms with Crippen LogP contribution in [0.4, 0.5) is 5.69 Å². The number of carbonyl (C=O) groups is 3. The molecule has 6 nitrogen and oxygen atoms in total. The van der Waals surface area contributed by atoms with E-state index in [9.17, 15) is 14.4 Å². The topological polar surface area (TPSA) is 78.5 Å². The number of likely N-dealkylation sites (tertiary alicyclic amines) is 1. The van der Waals surface area contributed by atoms with Crippen molar-refractivity contribution in [2.45, 2.75) is 57.9 Å². The summed E-state index contributed by atoms with van der Waals surface area (Å²) in [4.78, 5) is 39.4. The van der Waals surface area contributed by atoms with E-state index in [0.717, 1.165) is 38.5 Å². The molecule has 1 saturated carbocycles. The Labute approximate surface area is 160 Å². The molecule has 2 aliphatic rings. The molecule has 1 aromatic rings. The summed E-state index contributed by atoms with van der Waals surface area (Å²) in [5, 5.41) is 5.76. The molecule has 1 aromatic carbocycles. The zero-order valence-electron chi connectivity index (χ0n) is 16.0. The van der Waals surface area contributed by atoms with E-state index >= 15 is 0 Å². The van der Waals surface area contributed by atoms with Crippen molar-refractivity contribution in [3.63, 3.8) is 0 Å². The summed E-state index contributed by atoms with van der Waals surface area (Å²) in [5.41, 5.74) is 0.960. The fraction of sp³-hybridized carbons (Fsp3) is 0.571. The Hall–Kier alpha value is -2.37. The Kier molecular flexibility index (Phi) is 6.48. The molecule has 1 aliphatic heterocycles. The van der Waals surface area contributed by atoms with E-state index in [-0.39, 0.29) is 30.1 Å². The average Bonchev–Trinajstić information content (AvgIpc) is 3.31. The first-order valence-corrected chi connectivity index (χ1v) is 10.1. The molecule has 1 heterocycles. The van der Waals surface area contributed by atoms with Crippen molar-refractivity contribution in [2.24, 2.45) is 5.92 Å². The summed E-state index contributed by atoms with van der Waals surface area (Å²) in [5.74, 6) is -0.644. The van der Waals surface area contributed by atoms with Gasteiger partial charge in [0.05, 0.1) is 17.2 Å². The number of nitrogens with zero attached hydrogens (tertiary/aromatic N) is 1. The minimum absolute atomic E-state index is 0.0765. The van der Waals surface area contributed by atoms with Crippen LogP contribution in [0.1, 0.15) is 62.2 Å². The number of unbranched alkanes of at least 4 members (excludes halogenated alkanes) is 1. The first-order chi connectivity index (χ1) is 13.1. The summed E-state index contributed by atoms with van der Waals surface area (Å²) in [7, 11) is 0. The van der Waals surface area contributed by atoms with Crippen LogP contribution < -0.4 is 10.6 Å². The van der Waals surface area contributed by atoms with E-state index in [1.165, 1.54) is 0 Å². The zero-order chi connectivity index (χ0) is 19.2. The molecule has 1 aliphatic carbocycles. The molecule has 146 valence electrons. The smallest absolute Gasteiger partial charge is 0.253 e. The first kappa shape index (κ1) is 19.4. The van der Waals surface area contributed by atoms with Crippen molar-refractivity contribution in [3.05, 3.63) is 29.8 Å². The van der Waals surface area contributed by atoms with Crippen molar-refractivity contribution in [3.8, 4) is 0 Å². The van der Waals surface area contributed by atoms with Gasteiger partial charge in [-0.05, 0) is 31.4 Å². The minimum atomic E-state index is -0.352. The van der Waals surface area contributed by atoms with Gasteiger partial charge in [-0.2, -0.15) is 0 Å². The maximum Gasteiger partial charge on any atom is 0.253 e. The Morgan fingerprint density at radius 3 is 2.67 bits per heavy atom. The highest BCUT2D eigenvalue weighted by molar-refractivity contribution is 6.05. The lowest BCUT2D eigenvalue weighted by atomic mass is 10.1. The van der Waals surface area contributed by atoms with Crippen LogP contribution >= 0.6 is 0 Å². The molecule has 27 heavy (non-hydrogen) atoms. The standard InChI is InChI=1S/C21H29N3O3/c1-2-3-12-22-21(27)17-10-6-7-11-18(17)23-20(26)15-13-19(25)24(14-15)16-8-4-5-9-16/h6-7,10-11,15-16H,2-5,8-9,12-14H2,1H3,(H,22,27)(H,23,26)/t15-/m1/s1. The van der Waals surface area contributed by atoms with Crippen LogP contribution in [0, 0.1) is 5.92 Å². The molecular formula is C21H29N3O3. The lowest BCUT2D eigenvalue weighted by molar-refractivity contribution is -0.129. The van der Waals surface area contributed by atoms with Crippen molar-refractivity contribution in [1.82, 2.24) is 10.2 Å². The molecule has 2 fully saturated rings. The van der Waals surface area contributed by atoms with E-state index in [1.54, 1.807) is 24.3 Å². The number of hydrogen-bond donors (Lipinski definition) is 2. The predicted octanol–water partition coefficient (Wildman–Crippen LogP) is 2.95. The number of amides is 3. The monoisotopic (exact) mass is 371 g/mol. The minimum Gasteiger partial charge on any atom is -0.352 e. The molecule has 6 heteroatoms. The first-order valence-electron chi connectivity index (χ1n) is 10.1. The van der Waals surface area contributed by atoms with E-state index in [4.69, 9.17) is 0 Å². The Bertz CT molecular complexity index is 698. The van der Waals surface area contributed by atoms with Crippen LogP contribution in [0.3, 0.4) is 0 Å². The number of carbonyl (C=O) groups excluding carboxylic acids is 3. The number of para-hydroxylation sites is 1. The fourth-order valence-electron chi connectivity index (χ4n) is 3.97. The Balaban J connectivity index is 1.62. The number of rotatable bonds is 7. The quantitative estimate of drug-likeness (QED) is 0.724. The third-order valence-corrected chi connectivity index (χ3v) is 5.54. The number of benzene rings is 1. The summed E-state index contributed by atoms with van der Waals surface area (Å²) in [6, 6.07) is 7.32. The SMILES string of the molecule is CCCCNC(=O)c1ccccc1NC(=O)[C@@H]1CC(=O)N(C2CCCC2)C1. The second kappa shape index (κ2) is 9.02.